The van der Waals surface area contributed by atoms with Gasteiger partial charge in [-0.15, -0.1) is 0 Å². The highest BCUT2D eigenvalue weighted by atomic mass is 127. The van der Waals surface area contributed by atoms with Crippen molar-refractivity contribution in [3.05, 3.63) is 0 Å². The highest BCUT2D eigenvalue weighted by Crippen LogP contribution is 2.15. The SMILES string of the molecule is CN1CCN(CCN2CCC(OI)CC2)CC1. The molecule has 0 atom stereocenters. The third-order valence-corrected chi connectivity index (χ3v) is 4.71. The molecule has 0 N–H and O–H groups in total. The molecule has 0 bridgehead atoms. The number of rotatable bonds is 4. The molecule has 0 aliphatic carbocycles. The van der Waals surface area contributed by atoms with Crippen LogP contribution < -0.4 is 0 Å². The number of hydrogen-bond donors (Lipinski definition) is 0. The third-order valence-electron chi connectivity index (χ3n) is 3.99. The lowest BCUT2D eigenvalue weighted by Crippen LogP contribution is -2.48. The molecule has 17 heavy (non-hydrogen) atoms. The van der Waals surface area contributed by atoms with Crippen LogP contribution in [0.3, 0.4) is 0 Å². The van der Waals surface area contributed by atoms with Crippen LogP contribution in [-0.4, -0.2) is 80.2 Å². The second-order valence-corrected chi connectivity index (χ2v) is 5.78. The first-order chi connectivity index (χ1) is 8.28. The number of nitrogens with zero attached hydrogens (tertiary/aromatic N) is 3. The van der Waals surface area contributed by atoms with Gasteiger partial charge < -0.3 is 12.9 Å². The van der Waals surface area contributed by atoms with Gasteiger partial charge in [-0.1, -0.05) is 0 Å². The fourth-order valence-electron chi connectivity index (χ4n) is 2.58. The van der Waals surface area contributed by atoms with Gasteiger partial charge in [0.25, 0.3) is 0 Å². The van der Waals surface area contributed by atoms with Gasteiger partial charge >= 0.3 is 0 Å². The summed E-state index contributed by atoms with van der Waals surface area (Å²) >= 11 is 2.04. The maximum absolute atomic E-state index is 5.37. The summed E-state index contributed by atoms with van der Waals surface area (Å²) in [5, 5.41) is 0. The highest BCUT2D eigenvalue weighted by molar-refractivity contribution is 14.1. The molecule has 0 radical (unpaired) electrons. The Balaban J connectivity index is 1.59. The number of likely N-dealkylation sites (tertiary alicyclic amines) is 1. The molecule has 0 amide bonds. The van der Waals surface area contributed by atoms with Crippen LogP contribution in [0, 0.1) is 0 Å². The number of halogens is 1. The van der Waals surface area contributed by atoms with Crippen LogP contribution in [0.2, 0.25) is 0 Å². The lowest BCUT2D eigenvalue weighted by atomic mass is 10.1. The molecule has 2 heterocycles. The molecule has 2 aliphatic heterocycles. The van der Waals surface area contributed by atoms with Gasteiger partial charge in [0.05, 0.1) is 6.10 Å². The first-order valence-electron chi connectivity index (χ1n) is 6.68. The summed E-state index contributed by atoms with van der Waals surface area (Å²) in [5.41, 5.74) is 0. The van der Waals surface area contributed by atoms with Crippen LogP contribution in [-0.2, 0) is 3.07 Å². The van der Waals surface area contributed by atoms with E-state index in [0.29, 0.717) is 6.10 Å². The van der Waals surface area contributed by atoms with Gasteiger partial charge in [-0.2, -0.15) is 0 Å². The molecule has 100 valence electrons. The molecule has 0 aromatic heterocycles. The standard InChI is InChI=1S/C12H24IN3O/c1-14-6-8-16(9-7-14)11-10-15-4-2-12(17-13)3-5-15/h12H,2-11H2,1H3. The Morgan fingerprint density at radius 1 is 0.941 bits per heavy atom. The molecule has 5 heteroatoms. The van der Waals surface area contributed by atoms with E-state index < -0.39 is 0 Å². The lowest BCUT2D eigenvalue weighted by Gasteiger charge is -2.35. The summed E-state index contributed by atoms with van der Waals surface area (Å²) in [6.07, 6.45) is 2.90. The van der Waals surface area contributed by atoms with Gasteiger partial charge in [0.15, 0.2) is 0 Å². The summed E-state index contributed by atoms with van der Waals surface area (Å²) in [7, 11) is 2.21. The van der Waals surface area contributed by atoms with E-state index >= 15 is 0 Å². The Bertz CT molecular complexity index is 214. The predicted molar refractivity (Wildman–Crippen MR) is 78.5 cm³/mol. The second kappa shape index (κ2) is 7.23. The van der Waals surface area contributed by atoms with Crippen molar-refractivity contribution in [2.45, 2.75) is 18.9 Å². The molecule has 0 spiro atoms. The average Bonchev–Trinajstić information content (AvgIpc) is 2.39. The quantitative estimate of drug-likeness (QED) is 0.704. The first kappa shape index (κ1) is 14.0. The van der Waals surface area contributed by atoms with Crippen LogP contribution in [0.15, 0.2) is 0 Å². The minimum atomic E-state index is 0.496. The van der Waals surface area contributed by atoms with Crippen molar-refractivity contribution in [3.8, 4) is 0 Å². The monoisotopic (exact) mass is 353 g/mol. The van der Waals surface area contributed by atoms with Gasteiger partial charge in [0.1, 0.15) is 23.0 Å². The molecule has 0 saturated carbocycles. The molecule has 4 nitrogen and oxygen atoms in total. The summed E-state index contributed by atoms with van der Waals surface area (Å²) in [4.78, 5) is 7.60. The Kier molecular flexibility index (Phi) is 5.95. The fraction of sp³-hybridized carbons (Fsp3) is 1.00. The number of likely N-dealkylation sites (N-methyl/N-ethyl adjacent to an activating group) is 1. The molecule has 0 aromatic carbocycles. The van der Waals surface area contributed by atoms with Crippen molar-refractivity contribution in [3.63, 3.8) is 0 Å². The zero-order valence-corrected chi connectivity index (χ0v) is 12.9. The number of piperazine rings is 1. The molecular weight excluding hydrogens is 329 g/mol. The zero-order chi connectivity index (χ0) is 12.1. The molecule has 2 aliphatic rings. The maximum Gasteiger partial charge on any atom is 0.110 e. The van der Waals surface area contributed by atoms with Crippen molar-refractivity contribution in [1.29, 1.82) is 0 Å². The highest BCUT2D eigenvalue weighted by Gasteiger charge is 2.20. The molecule has 0 aromatic rings. The van der Waals surface area contributed by atoms with Gasteiger partial charge in [-0.3, -0.25) is 4.90 Å². The average molecular weight is 353 g/mol. The van der Waals surface area contributed by atoms with Crippen LogP contribution in [0.1, 0.15) is 12.8 Å². The minimum absolute atomic E-state index is 0.496. The van der Waals surface area contributed by atoms with Gasteiger partial charge in [0.2, 0.25) is 0 Å². The topological polar surface area (TPSA) is 19.0 Å². The summed E-state index contributed by atoms with van der Waals surface area (Å²) < 4.78 is 5.37. The van der Waals surface area contributed by atoms with E-state index in [0.717, 1.165) is 0 Å². The fourth-order valence-corrected chi connectivity index (χ4v) is 3.08. The molecule has 0 unspecified atom stereocenters. The maximum atomic E-state index is 5.37. The van der Waals surface area contributed by atoms with Crippen LogP contribution in [0.25, 0.3) is 0 Å². The third kappa shape index (κ3) is 4.63. The Morgan fingerprint density at radius 2 is 1.47 bits per heavy atom. The van der Waals surface area contributed by atoms with Gasteiger partial charge in [0, 0.05) is 52.4 Å². The van der Waals surface area contributed by atoms with Crippen molar-refractivity contribution in [2.75, 3.05) is 59.4 Å². The van der Waals surface area contributed by atoms with Gasteiger partial charge in [-0.25, -0.2) is 0 Å². The van der Waals surface area contributed by atoms with E-state index in [-0.39, 0.29) is 0 Å². The zero-order valence-electron chi connectivity index (χ0n) is 10.8. The smallest absolute Gasteiger partial charge is 0.110 e. The Labute approximate surface area is 119 Å². The predicted octanol–water partition coefficient (Wildman–Crippen LogP) is 1.06. The molecule has 2 saturated heterocycles. The van der Waals surface area contributed by atoms with E-state index in [4.69, 9.17) is 3.07 Å². The second-order valence-electron chi connectivity index (χ2n) is 5.28. The molecule has 2 rings (SSSR count). The number of hydrogen-bond acceptors (Lipinski definition) is 4. The largest absolute Gasteiger partial charge is 0.312 e. The van der Waals surface area contributed by atoms with Crippen LogP contribution in [0.4, 0.5) is 0 Å². The van der Waals surface area contributed by atoms with Crippen LogP contribution >= 0.6 is 23.0 Å². The number of piperidine rings is 1. The van der Waals surface area contributed by atoms with E-state index in [1.807, 2.05) is 23.0 Å². The van der Waals surface area contributed by atoms with Crippen molar-refractivity contribution < 1.29 is 3.07 Å². The Hall–Kier alpha value is 0.570. The van der Waals surface area contributed by atoms with E-state index in [1.54, 1.807) is 0 Å². The summed E-state index contributed by atoms with van der Waals surface area (Å²) in [6, 6.07) is 0. The van der Waals surface area contributed by atoms with Crippen LogP contribution in [0.5, 0.6) is 0 Å². The Morgan fingerprint density at radius 3 is 2.00 bits per heavy atom. The summed E-state index contributed by atoms with van der Waals surface area (Å²) in [5.74, 6) is 0. The van der Waals surface area contributed by atoms with E-state index in [9.17, 15) is 0 Å². The van der Waals surface area contributed by atoms with Crippen molar-refractivity contribution >= 4 is 23.0 Å². The minimum Gasteiger partial charge on any atom is -0.312 e. The lowest BCUT2D eigenvalue weighted by molar-refractivity contribution is 0.103. The molecular formula is C12H24IN3O. The first-order valence-corrected chi connectivity index (χ1v) is 7.56. The molecule has 2 fully saturated rings. The van der Waals surface area contributed by atoms with Crippen molar-refractivity contribution in [2.24, 2.45) is 0 Å². The van der Waals surface area contributed by atoms with E-state index in [1.165, 1.54) is 65.2 Å². The van der Waals surface area contributed by atoms with Gasteiger partial charge in [-0.05, 0) is 19.9 Å². The van der Waals surface area contributed by atoms with Crippen molar-refractivity contribution in [1.82, 2.24) is 14.7 Å². The van der Waals surface area contributed by atoms with E-state index in [2.05, 4.69) is 21.7 Å². The summed E-state index contributed by atoms with van der Waals surface area (Å²) in [6.45, 7) is 9.83. The normalized spacial score (nSPS) is 26.5.